The van der Waals surface area contributed by atoms with Gasteiger partial charge in [0, 0.05) is 6.20 Å². The molecule has 3 rings (SSSR count). The topological polar surface area (TPSA) is 30.2 Å². The summed E-state index contributed by atoms with van der Waals surface area (Å²) in [7, 11) is 0. The second kappa shape index (κ2) is 3.43. The van der Waals surface area contributed by atoms with E-state index in [0.29, 0.717) is 0 Å². The van der Waals surface area contributed by atoms with E-state index in [1.54, 1.807) is 15.9 Å². The molecular weight excluding hydrogens is 274 g/mol. The fraction of sp³-hybridized carbons (Fsp3) is 0. The number of halogens is 1. The van der Waals surface area contributed by atoms with Crippen LogP contribution in [0, 0.1) is 0 Å². The summed E-state index contributed by atoms with van der Waals surface area (Å²) in [6, 6.07) is 7.92. The summed E-state index contributed by atoms with van der Waals surface area (Å²) in [4.78, 5) is 5.56. The molecule has 0 aromatic carbocycles. The van der Waals surface area contributed by atoms with Crippen molar-refractivity contribution in [2.75, 3.05) is 0 Å². The second-order valence-corrected chi connectivity index (χ2v) is 4.84. The number of aromatic nitrogens is 3. The van der Waals surface area contributed by atoms with Gasteiger partial charge in [0.1, 0.15) is 0 Å². The van der Waals surface area contributed by atoms with Gasteiger partial charge in [0.2, 0.25) is 0 Å². The molecule has 0 amide bonds. The molecule has 3 nitrogen and oxygen atoms in total. The van der Waals surface area contributed by atoms with E-state index >= 15 is 0 Å². The molecule has 0 saturated heterocycles. The fourth-order valence-electron chi connectivity index (χ4n) is 1.38. The predicted octanol–water partition coefficient (Wildman–Crippen LogP) is 3.22. The van der Waals surface area contributed by atoms with Crippen molar-refractivity contribution in [3.63, 3.8) is 0 Å². The van der Waals surface area contributed by atoms with Gasteiger partial charge < -0.3 is 0 Å². The maximum atomic E-state index is 4.47. The Morgan fingerprint density at radius 1 is 1.27 bits per heavy atom. The lowest BCUT2D eigenvalue weighted by Crippen LogP contribution is -1.85. The summed E-state index contributed by atoms with van der Waals surface area (Å²) in [5.74, 6) is 0.775. The normalized spacial score (nSPS) is 11.0. The van der Waals surface area contributed by atoms with Crippen LogP contribution < -0.4 is 0 Å². The highest BCUT2D eigenvalue weighted by Gasteiger charge is 2.08. The number of pyridine rings is 1. The van der Waals surface area contributed by atoms with Crippen LogP contribution >= 0.6 is 27.3 Å². The molecule has 15 heavy (non-hydrogen) atoms. The number of thiophene rings is 1. The molecule has 0 unspecified atom stereocenters. The number of rotatable bonds is 1. The minimum absolute atomic E-state index is 0.775. The van der Waals surface area contributed by atoms with Gasteiger partial charge in [-0.1, -0.05) is 6.07 Å². The number of hydrogen-bond donors (Lipinski definition) is 0. The molecule has 3 heterocycles. The first-order chi connectivity index (χ1) is 7.34. The Hall–Kier alpha value is -1.20. The Kier molecular flexibility index (Phi) is 2.07. The highest BCUT2D eigenvalue weighted by molar-refractivity contribution is 9.10. The van der Waals surface area contributed by atoms with E-state index in [-0.39, 0.29) is 0 Å². The van der Waals surface area contributed by atoms with Crippen LogP contribution in [0.15, 0.2) is 40.3 Å². The van der Waals surface area contributed by atoms with Crippen LogP contribution in [0.25, 0.3) is 16.3 Å². The Morgan fingerprint density at radius 3 is 2.93 bits per heavy atom. The van der Waals surface area contributed by atoms with Gasteiger partial charge in [0.15, 0.2) is 11.5 Å². The maximum absolute atomic E-state index is 4.47. The third-order valence-corrected chi connectivity index (χ3v) is 3.54. The van der Waals surface area contributed by atoms with Gasteiger partial charge in [0.05, 0.1) is 9.35 Å². The highest BCUT2D eigenvalue weighted by atomic mass is 79.9. The Morgan fingerprint density at radius 2 is 2.20 bits per heavy atom. The zero-order valence-electron chi connectivity index (χ0n) is 7.59. The van der Waals surface area contributed by atoms with Gasteiger partial charge >= 0.3 is 0 Å². The quantitative estimate of drug-likeness (QED) is 0.685. The third-order valence-electron chi connectivity index (χ3n) is 2.06. The molecule has 0 saturated carbocycles. The largest absolute Gasteiger partial charge is 0.219 e. The van der Waals surface area contributed by atoms with Crippen LogP contribution in [0.4, 0.5) is 0 Å². The molecule has 0 aliphatic carbocycles. The summed E-state index contributed by atoms with van der Waals surface area (Å²) in [6.45, 7) is 0. The smallest absolute Gasteiger partial charge is 0.192 e. The Bertz CT molecular complexity index is 600. The highest BCUT2D eigenvalue weighted by Crippen LogP contribution is 2.23. The van der Waals surface area contributed by atoms with E-state index in [4.69, 9.17) is 0 Å². The summed E-state index contributed by atoms with van der Waals surface area (Å²) in [5, 5.41) is 6.43. The van der Waals surface area contributed by atoms with E-state index in [1.807, 2.05) is 35.8 Å². The summed E-state index contributed by atoms with van der Waals surface area (Å²) in [5.41, 5.74) is 0.848. The number of nitrogens with zero attached hydrogens (tertiary/aromatic N) is 3. The van der Waals surface area contributed by atoms with Gasteiger partial charge in [-0.05, 0) is 39.5 Å². The van der Waals surface area contributed by atoms with Crippen LogP contribution in [-0.2, 0) is 0 Å². The summed E-state index contributed by atoms with van der Waals surface area (Å²) >= 11 is 5.10. The lowest BCUT2D eigenvalue weighted by molar-refractivity contribution is 0.964. The molecule has 0 bridgehead atoms. The van der Waals surface area contributed by atoms with Crippen molar-refractivity contribution in [1.29, 1.82) is 0 Å². The molecule has 0 spiro atoms. The first kappa shape index (κ1) is 9.06. The van der Waals surface area contributed by atoms with E-state index < -0.39 is 0 Å². The number of hydrogen-bond acceptors (Lipinski definition) is 3. The lowest BCUT2D eigenvalue weighted by Gasteiger charge is -1.90. The van der Waals surface area contributed by atoms with E-state index in [0.717, 1.165) is 20.8 Å². The van der Waals surface area contributed by atoms with Crippen molar-refractivity contribution < 1.29 is 0 Å². The molecule has 0 radical (unpaired) electrons. The van der Waals surface area contributed by atoms with Gasteiger partial charge in [0.25, 0.3) is 0 Å². The number of fused-ring (bicyclic) bond motifs is 1. The van der Waals surface area contributed by atoms with Crippen molar-refractivity contribution in [1.82, 2.24) is 14.6 Å². The van der Waals surface area contributed by atoms with E-state index in [2.05, 4.69) is 26.0 Å². The van der Waals surface area contributed by atoms with Crippen molar-refractivity contribution in [3.8, 4) is 10.7 Å². The van der Waals surface area contributed by atoms with Crippen molar-refractivity contribution in [2.24, 2.45) is 0 Å². The minimum atomic E-state index is 0.775. The van der Waals surface area contributed by atoms with Gasteiger partial charge in [-0.15, -0.1) is 16.4 Å². The molecule has 0 N–H and O–H groups in total. The monoisotopic (exact) mass is 279 g/mol. The third kappa shape index (κ3) is 1.48. The standard InChI is InChI=1S/C10H6BrN3S/c11-7-3-1-5-14-10(7)12-9(13-14)8-4-2-6-15-8/h1-6H. The molecule has 5 heteroatoms. The van der Waals surface area contributed by atoms with Crippen LogP contribution in [0.3, 0.4) is 0 Å². The van der Waals surface area contributed by atoms with Crippen LogP contribution in [-0.4, -0.2) is 14.6 Å². The SMILES string of the molecule is Brc1cccn2nc(-c3cccs3)nc12. The van der Waals surface area contributed by atoms with Crippen LogP contribution in [0.5, 0.6) is 0 Å². The second-order valence-electron chi connectivity index (χ2n) is 3.04. The molecule has 0 atom stereocenters. The van der Waals surface area contributed by atoms with Gasteiger partial charge in [-0.3, -0.25) is 0 Å². The summed E-state index contributed by atoms with van der Waals surface area (Å²) in [6.07, 6.45) is 1.89. The zero-order valence-corrected chi connectivity index (χ0v) is 9.99. The zero-order chi connectivity index (χ0) is 10.3. The van der Waals surface area contributed by atoms with E-state index in [9.17, 15) is 0 Å². The van der Waals surface area contributed by atoms with E-state index in [1.165, 1.54) is 0 Å². The molecule has 0 fully saturated rings. The minimum Gasteiger partial charge on any atom is -0.219 e. The van der Waals surface area contributed by atoms with Crippen molar-refractivity contribution >= 4 is 32.9 Å². The summed E-state index contributed by atoms with van der Waals surface area (Å²) < 4.78 is 2.74. The first-order valence-corrected chi connectivity index (χ1v) is 6.06. The van der Waals surface area contributed by atoms with Crippen LogP contribution in [0.1, 0.15) is 0 Å². The average Bonchev–Trinajstić information content (AvgIpc) is 2.86. The lowest BCUT2D eigenvalue weighted by atomic mass is 10.4. The molecular formula is C10H6BrN3S. The molecule has 74 valence electrons. The predicted molar refractivity (Wildman–Crippen MR) is 64.0 cm³/mol. The van der Waals surface area contributed by atoms with Gasteiger partial charge in [-0.25, -0.2) is 9.50 Å². The fourth-order valence-corrected chi connectivity index (χ4v) is 2.46. The maximum Gasteiger partial charge on any atom is 0.192 e. The molecule has 3 aromatic rings. The van der Waals surface area contributed by atoms with Crippen LogP contribution in [0.2, 0.25) is 0 Å². The van der Waals surface area contributed by atoms with Crippen molar-refractivity contribution in [3.05, 3.63) is 40.3 Å². The Labute approximate surface area is 98.5 Å². The van der Waals surface area contributed by atoms with Crippen molar-refractivity contribution in [2.45, 2.75) is 0 Å². The average molecular weight is 280 g/mol. The Balaban J connectivity index is 2.27. The molecule has 3 aromatic heterocycles. The van der Waals surface area contributed by atoms with Gasteiger partial charge in [-0.2, -0.15) is 0 Å². The molecule has 0 aliphatic rings. The molecule has 0 aliphatic heterocycles. The first-order valence-electron chi connectivity index (χ1n) is 4.39.